The topological polar surface area (TPSA) is 123 Å². The zero-order chi connectivity index (χ0) is 25.6. The van der Waals surface area contributed by atoms with Crippen LogP contribution in [0.15, 0.2) is 59.7 Å². The van der Waals surface area contributed by atoms with Gasteiger partial charge in [-0.2, -0.15) is 0 Å². The van der Waals surface area contributed by atoms with E-state index in [9.17, 15) is 19.2 Å². The normalized spacial score (nSPS) is 14.7. The van der Waals surface area contributed by atoms with Crippen LogP contribution in [0.4, 0.5) is 0 Å². The Hall–Kier alpha value is -3.00. The summed E-state index contributed by atoms with van der Waals surface area (Å²) >= 11 is 0. The molecule has 4 rings (SSSR count). The predicted molar refractivity (Wildman–Crippen MR) is 141 cm³/mol. The number of carbonyl (C=O) groups is 2. The Morgan fingerprint density at radius 3 is 1.09 bits per heavy atom. The smallest absolute Gasteiger partial charge is 0.342 e. The van der Waals surface area contributed by atoms with E-state index in [0.717, 1.165) is 0 Å². The van der Waals surface area contributed by atoms with Gasteiger partial charge in [0.1, 0.15) is 0 Å². The third kappa shape index (κ3) is 5.17. The summed E-state index contributed by atoms with van der Waals surface area (Å²) in [7, 11) is 0. The molecule has 6 nitrogen and oxygen atoms in total. The molecule has 0 fully saturated rings. The molecule has 0 saturated carbocycles. The van der Waals surface area contributed by atoms with Crippen molar-refractivity contribution in [2.75, 3.05) is 0 Å². The predicted octanol–water partition coefficient (Wildman–Crippen LogP) is 3.44. The molecule has 4 radical (unpaired) electrons. The molecule has 0 bridgehead atoms. The minimum absolute atomic E-state index is 0. The van der Waals surface area contributed by atoms with E-state index in [0.29, 0.717) is 22.3 Å². The number of hydrogen-bond donors (Lipinski definition) is 0. The van der Waals surface area contributed by atoms with Gasteiger partial charge in [-0.1, -0.05) is 36.4 Å². The van der Waals surface area contributed by atoms with Gasteiger partial charge in [0.05, 0.1) is 22.0 Å². The number of benzene rings is 2. The van der Waals surface area contributed by atoms with Gasteiger partial charge in [0.2, 0.25) is 22.7 Å². The van der Waals surface area contributed by atoms with Gasteiger partial charge >= 0.3 is 11.6 Å². The van der Waals surface area contributed by atoms with E-state index in [2.05, 4.69) is 0 Å². The van der Waals surface area contributed by atoms with Gasteiger partial charge in [-0.15, -0.1) is 0 Å². The quantitative estimate of drug-likeness (QED) is 0.306. The Labute approximate surface area is 221 Å². The molecule has 7 heteroatoms. The Morgan fingerprint density at radius 2 is 0.857 bits per heavy atom. The van der Waals surface area contributed by atoms with Crippen LogP contribution in [0.1, 0.15) is 73.4 Å². The molecule has 2 aromatic carbocycles. The van der Waals surface area contributed by atoms with E-state index >= 15 is 0 Å². The van der Waals surface area contributed by atoms with Crippen LogP contribution in [0, 0.1) is 10.8 Å². The number of Topliss-reactive ketones (excluding diaryl/α,β-unsaturated/α-hetero) is 2. The molecule has 180 valence electrons. The van der Waals surface area contributed by atoms with Gasteiger partial charge in [0, 0.05) is 35.0 Å². The molecule has 0 unspecified atom stereocenters. The molecule has 0 saturated heterocycles. The van der Waals surface area contributed by atoms with Gasteiger partial charge in [0.15, 0.2) is 0 Å². The fraction of sp³-hybridized carbons (Fsp3) is 0.286. The molecule has 6 N–H and O–H groups in total. The van der Waals surface area contributed by atoms with Crippen molar-refractivity contribution in [1.29, 1.82) is 0 Å². The van der Waals surface area contributed by atoms with E-state index < -0.39 is 10.8 Å². The van der Waals surface area contributed by atoms with Gasteiger partial charge < -0.3 is 10.2 Å². The maximum atomic E-state index is 12.1. The first-order valence-corrected chi connectivity index (χ1v) is 11.0. The molecular weight excluding hydrogens is 551 g/mol. The fourth-order valence-electron chi connectivity index (χ4n) is 3.77. The third-order valence-electron chi connectivity index (χ3n) is 5.73. The summed E-state index contributed by atoms with van der Waals surface area (Å²) in [4.78, 5) is 44.5. The second-order valence-electron chi connectivity index (χ2n) is 10.4. The number of carbonyl (C=O) groups excluding carboxylic acids is 4. The first-order valence-electron chi connectivity index (χ1n) is 11.0. The Morgan fingerprint density at radius 1 is 0.600 bits per heavy atom. The van der Waals surface area contributed by atoms with E-state index in [4.69, 9.17) is 10.2 Å². The van der Waals surface area contributed by atoms with Gasteiger partial charge in [-0.3, -0.25) is 19.2 Å². The van der Waals surface area contributed by atoms with Crippen LogP contribution >= 0.6 is 0 Å². The molecule has 2 aromatic rings. The van der Waals surface area contributed by atoms with Crippen molar-refractivity contribution in [2.45, 2.75) is 41.5 Å². The summed E-state index contributed by atoms with van der Waals surface area (Å²) < 4.78 is 0. The summed E-state index contributed by atoms with van der Waals surface area (Å²) in [6, 6.07) is 14.0. The molecule has 0 aliphatic heterocycles. The largest absolute Gasteiger partial charge is 0.592 e. The number of allylic oxidation sites excluding steroid dienone is 2. The molecule has 2 aliphatic carbocycles. The van der Waals surface area contributed by atoms with Crippen molar-refractivity contribution in [3.63, 3.8) is 0 Å². The van der Waals surface area contributed by atoms with Crippen molar-refractivity contribution >= 4 is 58.6 Å². The van der Waals surface area contributed by atoms with E-state index in [1.165, 1.54) is 0 Å². The van der Waals surface area contributed by atoms with Crippen LogP contribution in [0.3, 0.4) is 0 Å². The summed E-state index contributed by atoms with van der Waals surface area (Å²) in [5, 5.41) is 16.0. The summed E-state index contributed by atoms with van der Waals surface area (Å²) in [5.41, 5.74) is 1.43. The molecule has 0 spiro atoms. The van der Waals surface area contributed by atoms with Crippen molar-refractivity contribution in [3.8, 4) is 0 Å². The summed E-state index contributed by atoms with van der Waals surface area (Å²) in [6.45, 7) is 10.9. The number of ketones is 4. The molecular formula is C28H32O6Sn+4. The van der Waals surface area contributed by atoms with E-state index in [-0.39, 0.29) is 69.7 Å². The Bertz CT molecular complexity index is 1200. The van der Waals surface area contributed by atoms with Crippen LogP contribution in [0.25, 0.3) is 11.5 Å². The molecule has 35 heavy (non-hydrogen) atoms. The summed E-state index contributed by atoms with van der Waals surface area (Å²) in [6.07, 6.45) is 0. The minimum atomic E-state index is -0.528. The Kier molecular flexibility index (Phi) is 8.01. The third-order valence-corrected chi connectivity index (χ3v) is 5.73. The van der Waals surface area contributed by atoms with Crippen LogP contribution in [0.5, 0.6) is 0 Å². The standard InChI is InChI=1S/2C14H14O3.Sn/c2*1-14(2,3)13(17)10-11(15)8-6-4-5-7-9(8)12(10)16;/h2*4-7,15H,1-3H3;/p+4. The van der Waals surface area contributed by atoms with Crippen LogP contribution in [-0.2, 0) is 0 Å². The maximum absolute atomic E-state index is 12.1. The minimum Gasteiger partial charge on any atom is -0.592 e. The average molecular weight is 583 g/mol. The van der Waals surface area contributed by atoms with Gasteiger partial charge in [-0.05, 0) is 53.7 Å². The Balaban J connectivity index is 0.000000240. The first-order chi connectivity index (χ1) is 15.7. The van der Waals surface area contributed by atoms with E-state index in [1.54, 1.807) is 48.5 Å². The SMILES string of the molecule is CC(C)(C)C(=[OH+])C1=C([OH2+])c2ccccc2C1=O.CC(C)(C)C(=[OH+])C1=C([OH2+])c2ccccc2C1=O.[Sn]. The van der Waals surface area contributed by atoms with E-state index in [1.807, 2.05) is 41.5 Å². The van der Waals surface area contributed by atoms with Crippen molar-refractivity contribution in [3.05, 3.63) is 81.9 Å². The number of hydrogen-bond acceptors (Lipinski definition) is 2. The van der Waals surface area contributed by atoms with Gasteiger partial charge in [0.25, 0.3) is 11.5 Å². The zero-order valence-electron chi connectivity index (χ0n) is 20.8. The molecule has 0 heterocycles. The first kappa shape index (κ1) is 28.2. The molecule has 0 amide bonds. The monoisotopic (exact) mass is 584 g/mol. The van der Waals surface area contributed by atoms with Crippen LogP contribution < -0.4 is 0 Å². The van der Waals surface area contributed by atoms with Crippen molar-refractivity contribution < 1.29 is 29.4 Å². The second kappa shape index (κ2) is 9.93. The van der Waals surface area contributed by atoms with Crippen molar-refractivity contribution in [1.82, 2.24) is 0 Å². The molecule has 0 atom stereocenters. The second-order valence-corrected chi connectivity index (χ2v) is 10.4. The number of rotatable bonds is 2. The molecule has 2 aliphatic rings. The zero-order valence-corrected chi connectivity index (χ0v) is 23.7. The average Bonchev–Trinajstić information content (AvgIpc) is 3.17. The van der Waals surface area contributed by atoms with Gasteiger partial charge in [-0.25, -0.2) is 0 Å². The molecule has 0 aromatic heterocycles. The van der Waals surface area contributed by atoms with Crippen LogP contribution in [0.2, 0.25) is 0 Å². The fourth-order valence-corrected chi connectivity index (χ4v) is 3.77. The summed E-state index contributed by atoms with van der Waals surface area (Å²) in [5.74, 6) is -0.278. The van der Waals surface area contributed by atoms with Crippen molar-refractivity contribution in [2.24, 2.45) is 10.8 Å². The maximum Gasteiger partial charge on any atom is 0.342 e. The number of fused-ring (bicyclic) bond motifs is 2. The van der Waals surface area contributed by atoms with Crippen LogP contribution in [-0.4, -0.2) is 66.8 Å².